The Morgan fingerprint density at radius 3 is 2.32 bits per heavy atom. The summed E-state index contributed by atoms with van der Waals surface area (Å²) < 4.78 is 50.9. The van der Waals surface area contributed by atoms with E-state index in [4.69, 9.17) is 9.15 Å². The van der Waals surface area contributed by atoms with Crippen LogP contribution < -0.4 is 10.4 Å². The first kappa shape index (κ1) is 25.9. The van der Waals surface area contributed by atoms with Crippen LogP contribution in [0, 0.1) is 6.92 Å². The van der Waals surface area contributed by atoms with Crippen LogP contribution in [-0.2, 0) is 12.6 Å². The molecule has 0 unspecified atom stereocenters. The minimum Gasteiger partial charge on any atom is -0.508 e. The Bertz CT molecular complexity index is 1490. The Balaban J connectivity index is 1.48. The van der Waals surface area contributed by atoms with Gasteiger partial charge in [0.1, 0.15) is 23.7 Å². The van der Waals surface area contributed by atoms with Crippen molar-refractivity contribution in [3.63, 3.8) is 0 Å². The van der Waals surface area contributed by atoms with Gasteiger partial charge in [0.25, 0.3) is 0 Å². The summed E-state index contributed by atoms with van der Waals surface area (Å²) in [5.74, 6) is 0.735. The Labute approximate surface area is 218 Å². The number of nitrogens with zero attached hydrogens (tertiary/aromatic N) is 1. The molecule has 8 heteroatoms. The zero-order valence-corrected chi connectivity index (χ0v) is 21.0. The fraction of sp³-hybridized carbons (Fsp3) is 0.300. The van der Waals surface area contributed by atoms with E-state index in [2.05, 4.69) is 4.90 Å². The second-order valence-electron chi connectivity index (χ2n) is 9.62. The van der Waals surface area contributed by atoms with Crippen LogP contribution >= 0.6 is 0 Å². The molecule has 0 atom stereocenters. The minimum atomic E-state index is -4.48. The molecule has 1 aromatic heterocycles. The van der Waals surface area contributed by atoms with Crippen LogP contribution in [0.5, 0.6) is 11.5 Å². The zero-order valence-electron chi connectivity index (χ0n) is 21.0. The number of fused-ring (bicyclic) bond motifs is 1. The van der Waals surface area contributed by atoms with E-state index in [-0.39, 0.29) is 16.9 Å². The number of aryl methyl sites for hydroxylation is 1. The first-order valence-electron chi connectivity index (χ1n) is 12.6. The van der Waals surface area contributed by atoms with Crippen molar-refractivity contribution in [3.05, 3.63) is 93.3 Å². The standard InChI is InChI=1S/C30H28F3NO4/c1-19-26(35)13-12-24-25(18-20-4-10-23(11-5-20)37-17-16-34-14-2-3-15-34)27(29(36)38-28(19)24)21-6-8-22(9-7-21)30(31,32)33/h4-13,35H,2-3,14-18H2,1H3. The molecule has 0 saturated carbocycles. The Morgan fingerprint density at radius 2 is 1.66 bits per heavy atom. The third kappa shape index (κ3) is 5.41. The highest BCUT2D eigenvalue weighted by atomic mass is 19.4. The number of likely N-dealkylation sites (tertiary alicyclic amines) is 1. The minimum absolute atomic E-state index is 0.00990. The van der Waals surface area contributed by atoms with Crippen LogP contribution in [0.25, 0.3) is 22.1 Å². The first-order chi connectivity index (χ1) is 18.2. The van der Waals surface area contributed by atoms with Gasteiger partial charge in [-0.2, -0.15) is 13.2 Å². The summed E-state index contributed by atoms with van der Waals surface area (Å²) in [4.78, 5) is 15.6. The van der Waals surface area contributed by atoms with Crippen molar-refractivity contribution in [1.82, 2.24) is 4.90 Å². The second-order valence-corrected chi connectivity index (χ2v) is 9.62. The van der Waals surface area contributed by atoms with Gasteiger partial charge < -0.3 is 14.3 Å². The van der Waals surface area contributed by atoms with E-state index < -0.39 is 17.4 Å². The van der Waals surface area contributed by atoms with E-state index in [1.807, 2.05) is 24.3 Å². The predicted molar refractivity (Wildman–Crippen MR) is 140 cm³/mol. The fourth-order valence-corrected chi connectivity index (χ4v) is 4.96. The van der Waals surface area contributed by atoms with Crippen molar-refractivity contribution in [1.29, 1.82) is 0 Å². The lowest BCUT2D eigenvalue weighted by molar-refractivity contribution is -0.137. The quantitative estimate of drug-likeness (QED) is 0.278. The molecule has 1 aliphatic heterocycles. The molecule has 198 valence electrons. The fourth-order valence-electron chi connectivity index (χ4n) is 4.96. The van der Waals surface area contributed by atoms with E-state index in [1.165, 1.54) is 31.0 Å². The number of aromatic hydroxyl groups is 1. The van der Waals surface area contributed by atoms with Crippen LogP contribution in [0.3, 0.4) is 0 Å². The van der Waals surface area contributed by atoms with Crippen molar-refractivity contribution in [3.8, 4) is 22.6 Å². The summed E-state index contributed by atoms with van der Waals surface area (Å²) >= 11 is 0. The van der Waals surface area contributed by atoms with Crippen LogP contribution in [0.1, 0.15) is 35.1 Å². The van der Waals surface area contributed by atoms with E-state index in [9.17, 15) is 23.1 Å². The largest absolute Gasteiger partial charge is 0.508 e. The average molecular weight is 524 g/mol. The maximum Gasteiger partial charge on any atom is 0.416 e. The Hall–Kier alpha value is -3.78. The lowest BCUT2D eigenvalue weighted by Gasteiger charge is -2.16. The molecular formula is C30H28F3NO4. The molecular weight excluding hydrogens is 495 g/mol. The molecule has 1 aliphatic rings. The van der Waals surface area contributed by atoms with Gasteiger partial charge in [-0.15, -0.1) is 0 Å². The van der Waals surface area contributed by atoms with Gasteiger partial charge in [-0.3, -0.25) is 4.90 Å². The number of halogens is 3. The highest BCUT2D eigenvalue weighted by Crippen LogP contribution is 2.35. The van der Waals surface area contributed by atoms with Crippen LogP contribution in [0.4, 0.5) is 13.2 Å². The molecule has 38 heavy (non-hydrogen) atoms. The monoisotopic (exact) mass is 523 g/mol. The highest BCUT2D eigenvalue weighted by molar-refractivity contribution is 5.90. The van der Waals surface area contributed by atoms with Gasteiger partial charge in [-0.05, 0) is 92.4 Å². The third-order valence-electron chi connectivity index (χ3n) is 7.08. The SMILES string of the molecule is Cc1c(O)ccc2c(Cc3ccc(OCCN4CCCC4)cc3)c(-c3ccc(C(F)(F)F)cc3)c(=O)oc12. The highest BCUT2D eigenvalue weighted by Gasteiger charge is 2.30. The van der Waals surface area contributed by atoms with E-state index in [0.717, 1.165) is 43.1 Å². The van der Waals surface area contributed by atoms with Crippen LogP contribution in [-0.4, -0.2) is 36.2 Å². The number of phenols is 1. The van der Waals surface area contributed by atoms with Crippen molar-refractivity contribution in [2.45, 2.75) is 32.4 Å². The number of rotatable bonds is 7. The molecule has 4 aromatic rings. The van der Waals surface area contributed by atoms with Crippen LogP contribution in [0.15, 0.2) is 69.9 Å². The number of alkyl halides is 3. The average Bonchev–Trinajstić information content (AvgIpc) is 3.41. The number of hydrogen-bond acceptors (Lipinski definition) is 5. The van der Waals surface area contributed by atoms with E-state index in [1.54, 1.807) is 13.0 Å². The third-order valence-corrected chi connectivity index (χ3v) is 7.08. The maximum atomic E-state index is 13.2. The van der Waals surface area contributed by atoms with Gasteiger partial charge >= 0.3 is 11.8 Å². The van der Waals surface area contributed by atoms with Gasteiger partial charge in [0.05, 0.1) is 11.1 Å². The van der Waals surface area contributed by atoms with E-state index in [0.29, 0.717) is 35.1 Å². The zero-order chi connectivity index (χ0) is 26.9. The van der Waals surface area contributed by atoms with Gasteiger partial charge in [0.2, 0.25) is 0 Å². The summed E-state index contributed by atoms with van der Waals surface area (Å²) in [6.45, 7) is 5.36. The Morgan fingerprint density at radius 1 is 0.974 bits per heavy atom. The maximum absolute atomic E-state index is 13.2. The van der Waals surface area contributed by atoms with Crippen molar-refractivity contribution >= 4 is 11.0 Å². The number of phenolic OH excluding ortho intramolecular Hbond substituents is 1. The van der Waals surface area contributed by atoms with Gasteiger partial charge in [-0.25, -0.2) is 4.79 Å². The van der Waals surface area contributed by atoms with E-state index >= 15 is 0 Å². The normalized spacial score (nSPS) is 14.3. The van der Waals surface area contributed by atoms with Gasteiger partial charge in [-0.1, -0.05) is 24.3 Å². The first-order valence-corrected chi connectivity index (χ1v) is 12.6. The molecule has 0 spiro atoms. The molecule has 2 heterocycles. The number of hydrogen-bond donors (Lipinski definition) is 1. The topological polar surface area (TPSA) is 62.9 Å². The summed E-state index contributed by atoms with van der Waals surface area (Å²) in [7, 11) is 0. The summed E-state index contributed by atoms with van der Waals surface area (Å²) in [5.41, 5.74) is 1.23. The summed E-state index contributed by atoms with van der Waals surface area (Å²) in [6.07, 6.45) is -1.69. The molecule has 0 amide bonds. The number of ether oxygens (including phenoxy) is 1. The molecule has 1 fully saturated rings. The Kier molecular flexibility index (Phi) is 7.17. The van der Waals surface area contributed by atoms with Gasteiger partial charge in [0, 0.05) is 17.5 Å². The lowest BCUT2D eigenvalue weighted by Crippen LogP contribution is -2.25. The molecule has 1 N–H and O–H groups in total. The molecule has 1 saturated heterocycles. The van der Waals surface area contributed by atoms with Crippen molar-refractivity contribution in [2.75, 3.05) is 26.2 Å². The smallest absolute Gasteiger partial charge is 0.416 e. The summed E-state index contributed by atoms with van der Waals surface area (Å²) in [5, 5.41) is 10.8. The summed E-state index contributed by atoms with van der Waals surface area (Å²) in [6, 6.07) is 15.3. The molecule has 5 nitrogen and oxygen atoms in total. The van der Waals surface area contributed by atoms with Crippen molar-refractivity contribution < 1.29 is 27.4 Å². The van der Waals surface area contributed by atoms with Crippen LogP contribution in [0.2, 0.25) is 0 Å². The molecule has 0 radical (unpaired) electrons. The molecule has 3 aromatic carbocycles. The molecule has 0 bridgehead atoms. The number of benzene rings is 3. The molecule has 5 rings (SSSR count). The molecule has 0 aliphatic carbocycles. The van der Waals surface area contributed by atoms with Gasteiger partial charge in [0.15, 0.2) is 0 Å². The predicted octanol–water partition coefficient (Wildman–Crippen LogP) is 6.56. The van der Waals surface area contributed by atoms with Crippen molar-refractivity contribution in [2.24, 2.45) is 0 Å². The second kappa shape index (κ2) is 10.5. The lowest BCUT2D eigenvalue weighted by atomic mass is 9.92.